The molecule has 1 saturated heterocycles. The number of nitrogen functional groups attached to an aromatic ring is 1. The Morgan fingerprint density at radius 2 is 2.11 bits per heavy atom. The number of benzene rings is 1. The molecule has 1 aliphatic heterocycles. The molecule has 3 N–H and O–H groups in total. The molecule has 1 unspecified atom stereocenters. The first kappa shape index (κ1) is 22.5. The average Bonchev–Trinajstić information content (AvgIpc) is 3.56. The Labute approximate surface area is 201 Å². The number of carbonyl (C=O) groups excluding carboxylic acids is 2. The topological polar surface area (TPSA) is 135 Å². The van der Waals surface area contributed by atoms with E-state index in [1.807, 2.05) is 41.9 Å². The molecule has 1 aliphatic rings. The van der Waals surface area contributed by atoms with Crippen LogP contribution in [0.2, 0.25) is 0 Å². The number of hydrogen-bond donors (Lipinski definition) is 2. The van der Waals surface area contributed by atoms with E-state index in [-0.39, 0.29) is 23.6 Å². The van der Waals surface area contributed by atoms with Gasteiger partial charge in [0.25, 0.3) is 5.91 Å². The summed E-state index contributed by atoms with van der Waals surface area (Å²) in [5.41, 5.74) is 7.64. The fourth-order valence-electron chi connectivity index (χ4n) is 4.23. The second kappa shape index (κ2) is 9.18. The standard InChI is InChI=1S/C24H26N8O3/c1-30(2)14-21-26-7-8-31(21)17-4-6-20(27-12-17)32-13-15(9-22(32)33)11-28-24(34)16-3-5-19-18(10-16)23(25)29-35-19/h3-8,10,12,15H,9,11,13-14H2,1-2H3,(H2,25,29)(H,28,34). The molecule has 5 rings (SSSR count). The molecule has 0 radical (unpaired) electrons. The number of imidazole rings is 1. The molecule has 0 aliphatic carbocycles. The fraction of sp³-hybridized carbons (Fsp3) is 0.292. The van der Waals surface area contributed by atoms with E-state index in [1.54, 1.807) is 35.5 Å². The number of nitrogens with zero attached hydrogens (tertiary/aromatic N) is 6. The van der Waals surface area contributed by atoms with E-state index in [4.69, 9.17) is 10.3 Å². The van der Waals surface area contributed by atoms with E-state index in [2.05, 4.69) is 20.4 Å². The van der Waals surface area contributed by atoms with Crippen molar-refractivity contribution in [2.45, 2.75) is 13.0 Å². The minimum Gasteiger partial charge on any atom is -0.380 e. The van der Waals surface area contributed by atoms with E-state index in [0.717, 1.165) is 11.5 Å². The highest BCUT2D eigenvalue weighted by Gasteiger charge is 2.31. The van der Waals surface area contributed by atoms with Gasteiger partial charge < -0.3 is 25.0 Å². The van der Waals surface area contributed by atoms with E-state index >= 15 is 0 Å². The third kappa shape index (κ3) is 4.58. The highest BCUT2D eigenvalue weighted by molar-refractivity contribution is 6.00. The average molecular weight is 475 g/mol. The first-order valence-corrected chi connectivity index (χ1v) is 11.3. The van der Waals surface area contributed by atoms with Crippen LogP contribution in [0, 0.1) is 5.92 Å². The number of aromatic nitrogens is 4. The molecule has 35 heavy (non-hydrogen) atoms. The Kier molecular flexibility index (Phi) is 5.91. The Bertz CT molecular complexity index is 1380. The summed E-state index contributed by atoms with van der Waals surface area (Å²) in [5.74, 6) is 1.47. The minimum absolute atomic E-state index is 0.0147. The van der Waals surface area contributed by atoms with Crippen LogP contribution in [0.15, 0.2) is 53.4 Å². The van der Waals surface area contributed by atoms with Crippen molar-refractivity contribution in [1.29, 1.82) is 0 Å². The molecule has 1 aromatic carbocycles. The van der Waals surface area contributed by atoms with Crippen LogP contribution < -0.4 is 16.0 Å². The summed E-state index contributed by atoms with van der Waals surface area (Å²) >= 11 is 0. The smallest absolute Gasteiger partial charge is 0.251 e. The zero-order valence-electron chi connectivity index (χ0n) is 19.5. The normalized spacial score (nSPS) is 15.9. The number of rotatable bonds is 7. The predicted molar refractivity (Wildman–Crippen MR) is 130 cm³/mol. The van der Waals surface area contributed by atoms with Crippen molar-refractivity contribution in [3.8, 4) is 5.69 Å². The second-order valence-electron chi connectivity index (χ2n) is 8.89. The SMILES string of the molecule is CN(C)Cc1nccn1-c1ccc(N2CC(CNC(=O)c3ccc4onc(N)c4c3)CC2=O)nc1. The lowest BCUT2D eigenvalue weighted by molar-refractivity contribution is -0.117. The highest BCUT2D eigenvalue weighted by Crippen LogP contribution is 2.25. The molecule has 11 heteroatoms. The van der Waals surface area contributed by atoms with E-state index in [0.29, 0.717) is 48.4 Å². The van der Waals surface area contributed by atoms with Gasteiger partial charge in [-0.25, -0.2) is 9.97 Å². The van der Waals surface area contributed by atoms with Crippen LogP contribution in [0.5, 0.6) is 0 Å². The minimum atomic E-state index is -0.241. The van der Waals surface area contributed by atoms with Crippen molar-refractivity contribution in [2.75, 3.05) is 37.8 Å². The monoisotopic (exact) mass is 474 g/mol. The molecule has 11 nitrogen and oxygen atoms in total. The van der Waals surface area contributed by atoms with Crippen molar-refractivity contribution >= 4 is 34.4 Å². The maximum absolute atomic E-state index is 12.7. The number of carbonyl (C=O) groups is 2. The molecule has 180 valence electrons. The highest BCUT2D eigenvalue weighted by atomic mass is 16.5. The second-order valence-corrected chi connectivity index (χ2v) is 8.89. The van der Waals surface area contributed by atoms with Crippen molar-refractivity contribution in [3.63, 3.8) is 0 Å². The van der Waals surface area contributed by atoms with Gasteiger partial charge >= 0.3 is 0 Å². The van der Waals surface area contributed by atoms with Gasteiger partial charge in [0.05, 0.1) is 23.8 Å². The van der Waals surface area contributed by atoms with Gasteiger partial charge in [-0.3, -0.25) is 14.5 Å². The van der Waals surface area contributed by atoms with Crippen LogP contribution in [-0.2, 0) is 11.3 Å². The van der Waals surface area contributed by atoms with Crippen LogP contribution in [0.4, 0.5) is 11.6 Å². The van der Waals surface area contributed by atoms with E-state index < -0.39 is 0 Å². The summed E-state index contributed by atoms with van der Waals surface area (Å²) < 4.78 is 7.06. The van der Waals surface area contributed by atoms with Crippen molar-refractivity contribution < 1.29 is 14.1 Å². The molecule has 1 atom stereocenters. The summed E-state index contributed by atoms with van der Waals surface area (Å²) in [6.45, 7) is 1.56. The molecule has 0 saturated carbocycles. The third-order valence-corrected chi connectivity index (χ3v) is 5.98. The van der Waals surface area contributed by atoms with Gasteiger partial charge in [0.15, 0.2) is 11.4 Å². The molecule has 0 bridgehead atoms. The number of pyridine rings is 1. The lowest BCUT2D eigenvalue weighted by Crippen LogP contribution is -2.31. The quantitative estimate of drug-likeness (QED) is 0.414. The van der Waals surface area contributed by atoms with Gasteiger partial charge in [-0.15, -0.1) is 0 Å². The predicted octanol–water partition coefficient (Wildman–Crippen LogP) is 1.84. The molecular weight excluding hydrogens is 448 g/mol. The van der Waals surface area contributed by atoms with Crippen LogP contribution in [0.25, 0.3) is 16.7 Å². The molecule has 1 fully saturated rings. The van der Waals surface area contributed by atoms with Crippen LogP contribution >= 0.6 is 0 Å². The first-order chi connectivity index (χ1) is 16.9. The zero-order chi connectivity index (χ0) is 24.5. The molecule has 4 aromatic rings. The number of fused-ring (bicyclic) bond motifs is 1. The lowest BCUT2D eigenvalue weighted by atomic mass is 10.1. The van der Waals surface area contributed by atoms with Gasteiger partial charge in [0, 0.05) is 43.4 Å². The first-order valence-electron chi connectivity index (χ1n) is 11.3. The molecule has 4 heterocycles. The lowest BCUT2D eigenvalue weighted by Gasteiger charge is -2.17. The molecule has 2 amide bonds. The van der Waals surface area contributed by atoms with Gasteiger partial charge in [-0.2, -0.15) is 0 Å². The van der Waals surface area contributed by atoms with Crippen molar-refractivity contribution in [3.05, 3.63) is 60.3 Å². The van der Waals surface area contributed by atoms with Gasteiger partial charge in [0.1, 0.15) is 11.6 Å². The van der Waals surface area contributed by atoms with Gasteiger partial charge in [-0.1, -0.05) is 5.16 Å². The van der Waals surface area contributed by atoms with E-state index in [9.17, 15) is 9.59 Å². The Morgan fingerprint density at radius 1 is 1.26 bits per heavy atom. The molecule has 0 spiro atoms. The van der Waals surface area contributed by atoms with Crippen LogP contribution in [-0.4, -0.2) is 63.6 Å². The van der Waals surface area contributed by atoms with E-state index in [1.165, 1.54) is 0 Å². The summed E-state index contributed by atoms with van der Waals surface area (Å²) in [7, 11) is 3.98. The number of hydrogen-bond acceptors (Lipinski definition) is 8. The summed E-state index contributed by atoms with van der Waals surface area (Å²) in [4.78, 5) is 37.9. The molecular formula is C24H26N8O3. The number of nitrogens with two attached hydrogens (primary N) is 1. The maximum Gasteiger partial charge on any atom is 0.251 e. The largest absolute Gasteiger partial charge is 0.380 e. The van der Waals surface area contributed by atoms with Gasteiger partial charge in [0.2, 0.25) is 5.91 Å². The van der Waals surface area contributed by atoms with Crippen LogP contribution in [0.3, 0.4) is 0 Å². The van der Waals surface area contributed by atoms with Crippen molar-refractivity contribution in [2.24, 2.45) is 5.92 Å². The number of nitrogens with one attached hydrogen (secondary N) is 1. The third-order valence-electron chi connectivity index (χ3n) is 5.98. The van der Waals surface area contributed by atoms with Crippen molar-refractivity contribution in [1.82, 2.24) is 29.9 Å². The zero-order valence-corrected chi connectivity index (χ0v) is 19.5. The fourth-order valence-corrected chi connectivity index (χ4v) is 4.23. The maximum atomic E-state index is 12.7. The van der Waals surface area contributed by atoms with Gasteiger partial charge in [-0.05, 0) is 44.4 Å². The number of amides is 2. The number of anilines is 2. The Balaban J connectivity index is 1.21. The summed E-state index contributed by atoms with van der Waals surface area (Å²) in [6, 6.07) is 8.74. The Hall–Kier alpha value is -4.25. The molecule has 3 aromatic heterocycles. The summed E-state index contributed by atoms with van der Waals surface area (Å²) in [5, 5.41) is 7.21. The summed E-state index contributed by atoms with van der Waals surface area (Å²) in [6.07, 6.45) is 5.74. The van der Waals surface area contributed by atoms with Crippen LogP contribution in [0.1, 0.15) is 22.6 Å². The Morgan fingerprint density at radius 3 is 2.89 bits per heavy atom.